The van der Waals surface area contributed by atoms with Crippen molar-refractivity contribution >= 4 is 128 Å². The van der Waals surface area contributed by atoms with E-state index in [1.165, 1.54) is 38.0 Å². The molecule has 11 atom stereocenters. The minimum atomic E-state index is -4.47. The van der Waals surface area contributed by atoms with Crippen LogP contribution in [0.25, 0.3) is 43.9 Å². The number of hydrogen-bond acceptors (Lipinski definition) is 27. The molecule has 10 aromatic carbocycles. The van der Waals surface area contributed by atoms with Crippen molar-refractivity contribution in [2.45, 2.75) is 137 Å². The van der Waals surface area contributed by atoms with E-state index in [2.05, 4.69) is 94.1 Å². The number of rotatable bonds is 40. The summed E-state index contributed by atoms with van der Waals surface area (Å²) >= 11 is 10.7. The fourth-order valence-corrected chi connectivity index (χ4v) is 18.5. The first-order chi connectivity index (χ1) is 66.6. The van der Waals surface area contributed by atoms with Gasteiger partial charge in [0.15, 0.2) is 46.4 Å². The summed E-state index contributed by atoms with van der Waals surface area (Å²) in [6, 6.07) is 84.4. The number of carbonyl (C=O) groups is 2. The van der Waals surface area contributed by atoms with Crippen LogP contribution in [0, 0.1) is 0 Å². The third-order valence-electron chi connectivity index (χ3n) is 23.2. The maximum Gasteiger partial charge on any atom is 0.459 e. The SMILES string of the molecule is C=CCCCOC(=O)[C@H](C)N.C=CCCCOC(=O)[C@H](C)NP(=O)(OCC1OC(n2cnc3c(NCCC=C)nc(NC(c4ccccc4)(c4ccccc4)c4ccccc4)nc32)[C@](C)(O)[C@@H]1O)Oc1cccc2ccccc12.C=CCCNc1nc(NC(c2ccccc2)(c2ccccc2)c2ccccc2)nc2c1ncn2C1OC(CO)[C@@H](O)[C@@]1(C)O.Cl.O=P(Cl)(Cl)Oc1cccc2ccccc12. The molecule has 0 amide bonds. The number of carbonyl (C=O) groups excluding carboxylic acids is 2. The lowest BCUT2D eigenvalue weighted by atomic mass is 9.77. The number of fused-ring (bicyclic) bond motifs is 4. The summed E-state index contributed by atoms with van der Waals surface area (Å²) in [5, 5.41) is 75.9. The lowest BCUT2D eigenvalue weighted by Crippen LogP contribution is -2.44. The molecule has 6 heterocycles. The van der Waals surface area contributed by atoms with Gasteiger partial charge >= 0.3 is 25.8 Å². The van der Waals surface area contributed by atoms with E-state index >= 15 is 0 Å². The van der Waals surface area contributed by atoms with Gasteiger partial charge in [-0.25, -0.2) is 19.1 Å². The summed E-state index contributed by atoms with van der Waals surface area (Å²) in [7, 11) is -4.47. The van der Waals surface area contributed by atoms with Crippen molar-refractivity contribution in [3.63, 3.8) is 0 Å². The number of nitrogens with zero attached hydrogens (tertiary/aromatic N) is 8. The third kappa shape index (κ3) is 25.4. The van der Waals surface area contributed by atoms with Crippen LogP contribution in [0.3, 0.4) is 0 Å². The number of aliphatic hydroxyl groups is 5. The van der Waals surface area contributed by atoms with E-state index in [0.717, 1.165) is 62.4 Å². The Morgan fingerprint density at radius 3 is 1.21 bits per heavy atom. The first kappa shape index (κ1) is 105. The number of anilines is 4. The van der Waals surface area contributed by atoms with E-state index in [0.29, 0.717) is 90.8 Å². The number of ether oxygens (including phenoxy) is 4. The number of nitrogens with one attached hydrogen (secondary N) is 5. The molecular formula is C104H115Cl3N14O16P2. The lowest BCUT2D eigenvalue weighted by molar-refractivity contribution is -0.146. The van der Waals surface area contributed by atoms with Crippen molar-refractivity contribution in [3.8, 4) is 11.5 Å². The molecule has 12 N–H and O–H groups in total. The van der Waals surface area contributed by atoms with Crippen LogP contribution in [-0.2, 0) is 53.3 Å². The van der Waals surface area contributed by atoms with E-state index in [-0.39, 0.29) is 42.3 Å². The van der Waals surface area contributed by atoms with E-state index in [1.807, 2.05) is 212 Å². The molecule has 2 aliphatic heterocycles. The van der Waals surface area contributed by atoms with Crippen LogP contribution in [0.2, 0.25) is 0 Å². The first-order valence-corrected chi connectivity index (χ1v) is 50.1. The summed E-state index contributed by atoms with van der Waals surface area (Å²) < 4.78 is 68.8. The summed E-state index contributed by atoms with van der Waals surface area (Å²) in [5.74, 6) is 1.06. The highest BCUT2D eigenvalue weighted by atomic mass is 35.9. The molecule has 0 spiro atoms. The zero-order chi connectivity index (χ0) is 98.0. The van der Waals surface area contributed by atoms with Crippen molar-refractivity contribution in [1.29, 1.82) is 0 Å². The predicted octanol–water partition coefficient (Wildman–Crippen LogP) is 19.4. The second-order valence-electron chi connectivity index (χ2n) is 33.2. The van der Waals surface area contributed by atoms with Crippen LogP contribution in [-0.4, -0.2) is 164 Å². The fourth-order valence-electron chi connectivity index (χ4n) is 16.2. The van der Waals surface area contributed by atoms with E-state index < -0.39 is 104 Å². The standard InChI is InChI=1S/C52H56N7O8P.C34H36N6O4.C10H7Cl2O2P.C8H15NO2.ClH/c1-5-7-20-33-64-48(61)36(3)58-68(63,67-42-31-21-23-37-22-18-19-30-41(37)42)65-34-43-45(60)51(4,62)49(66-43)59-35-54-44-46(53-32-8-6-2)55-50(56-47(44)59)57-52(38-24-12-9-13-25-38,39-26-14-10-15-27-39)40-28-16-11-17-29-40;1-3-4-20-35-29-27-30(40(22-36-27)31-33(2,43)28(42)26(21-41)44-31)38-32(37-29)39-34(23-14-8-5-9-15-23,24-16-10-6-11-17-24)25-18-12-7-13-19-25;11-15(12,13)14-10-7-3-5-8-4-1-2-6-9(8)10;1-3-4-5-6-11-8(10)7(2)9;/h5-6,9-19,21-31,35-36,43,45,49,60,62H,1-2,7-8,20,32-34H2,3-4H3,(H,58,63)(H2,53,55,56,57);3,5-19,22,26,28,31,41-43H,1,4,20-21H2,2H3,(H2,35,37,38,39);1-7H;3,7H,1,4-6,9H2,2H3;1H/t36-,43?,45+,49?,51+,68?;26?,28-,31?,33-;;7-;/m01.0./s1. The number of allylic oxidation sites excluding steroid dienone is 2. The van der Waals surface area contributed by atoms with Crippen molar-refractivity contribution in [3.05, 3.63) is 364 Å². The molecule has 5 unspecified atom stereocenters. The summed E-state index contributed by atoms with van der Waals surface area (Å²) in [6.07, 6.45) is 3.28. The van der Waals surface area contributed by atoms with Gasteiger partial charge < -0.3 is 80.5 Å². The predicted molar refractivity (Wildman–Crippen MR) is 547 cm³/mol. The van der Waals surface area contributed by atoms with Crippen molar-refractivity contribution in [2.24, 2.45) is 5.73 Å². The summed E-state index contributed by atoms with van der Waals surface area (Å²) in [5.41, 5.74) is 6.87. The molecule has 2 saturated heterocycles. The average Bonchev–Trinajstić information content (AvgIpc) is 0.956. The smallest absolute Gasteiger partial charge is 0.459 e. The molecule has 728 valence electrons. The van der Waals surface area contributed by atoms with Crippen LogP contribution in [0.1, 0.15) is 112 Å². The van der Waals surface area contributed by atoms with Crippen molar-refractivity contribution < 1.29 is 76.8 Å². The Morgan fingerprint density at radius 2 is 0.849 bits per heavy atom. The Balaban J connectivity index is 0.000000205. The highest BCUT2D eigenvalue weighted by molar-refractivity contribution is 8.05. The third-order valence-corrected chi connectivity index (χ3v) is 25.6. The topological polar surface area (TPSA) is 407 Å². The van der Waals surface area contributed by atoms with Gasteiger partial charge in [0.05, 0.1) is 39.1 Å². The number of benzene rings is 10. The van der Waals surface area contributed by atoms with Crippen LogP contribution < -0.4 is 41.1 Å². The van der Waals surface area contributed by atoms with Gasteiger partial charge in [-0.2, -0.15) is 25.0 Å². The molecule has 14 aromatic rings. The molecule has 139 heavy (non-hydrogen) atoms. The molecule has 0 bridgehead atoms. The maximum atomic E-state index is 14.8. The molecule has 2 fully saturated rings. The molecule has 0 radical (unpaired) electrons. The van der Waals surface area contributed by atoms with Gasteiger partial charge in [0.1, 0.15) is 70.3 Å². The number of nitrogens with two attached hydrogens (primary N) is 1. The number of aliphatic hydroxyl groups excluding tert-OH is 3. The second-order valence-corrected chi connectivity index (χ2v) is 39.0. The zero-order valence-electron chi connectivity index (χ0n) is 77.2. The van der Waals surface area contributed by atoms with Crippen LogP contribution in [0.5, 0.6) is 11.5 Å². The quantitative estimate of drug-likeness (QED) is 0.00558. The molecular weight excluding hydrogens is 1870 g/mol. The van der Waals surface area contributed by atoms with Crippen LogP contribution in [0.15, 0.2) is 330 Å². The molecule has 30 nitrogen and oxygen atoms in total. The second kappa shape index (κ2) is 48.8. The van der Waals surface area contributed by atoms with Crippen LogP contribution >= 0.6 is 48.7 Å². The Labute approximate surface area is 822 Å². The minimum Gasteiger partial charge on any atom is -0.465 e. The van der Waals surface area contributed by atoms with E-state index in [4.69, 9.17) is 85.7 Å². The Morgan fingerprint density at radius 1 is 0.504 bits per heavy atom. The van der Waals surface area contributed by atoms with Gasteiger partial charge in [-0.1, -0.05) is 279 Å². The van der Waals surface area contributed by atoms with Gasteiger partial charge in [0.25, 0.3) is 0 Å². The number of aromatic nitrogens is 8. The number of halogens is 3. The highest BCUT2D eigenvalue weighted by Gasteiger charge is 2.56. The number of hydrogen-bond donors (Lipinski definition) is 11. The van der Waals surface area contributed by atoms with Crippen LogP contribution in [0.4, 0.5) is 23.5 Å². The number of esters is 2. The lowest BCUT2D eigenvalue weighted by Gasteiger charge is -2.37. The first-order valence-electron chi connectivity index (χ1n) is 45.1. The van der Waals surface area contributed by atoms with Gasteiger partial charge in [-0.15, -0.1) is 38.7 Å². The summed E-state index contributed by atoms with van der Waals surface area (Å²) in [4.78, 5) is 53.0. The largest absolute Gasteiger partial charge is 0.465 e. The fraction of sp³-hybridized carbons (Fsp3) is 0.269. The zero-order valence-corrected chi connectivity index (χ0v) is 81.4. The Kier molecular flexibility index (Phi) is 37.0. The van der Waals surface area contributed by atoms with E-state index in [9.17, 15) is 44.3 Å². The average molecular weight is 1990 g/mol. The van der Waals surface area contributed by atoms with E-state index in [1.54, 1.807) is 54.0 Å². The van der Waals surface area contributed by atoms with Gasteiger partial charge in [0.2, 0.25) is 11.9 Å². The van der Waals surface area contributed by atoms with Crippen molar-refractivity contribution in [2.75, 3.05) is 60.8 Å². The molecule has 16 rings (SSSR count). The van der Waals surface area contributed by atoms with Gasteiger partial charge in [0, 0.05) is 46.3 Å². The van der Waals surface area contributed by atoms with Gasteiger partial charge in [-0.3, -0.25) is 23.2 Å². The molecule has 35 heteroatoms. The number of imidazole rings is 2. The minimum absolute atomic E-state index is 0. The Hall–Kier alpha value is -12.6. The van der Waals surface area contributed by atoms with Gasteiger partial charge in [-0.05, 0) is 123 Å². The molecule has 0 aliphatic carbocycles. The normalized spacial score (nSPS) is 18.6. The molecule has 2 aliphatic rings. The Bertz CT molecular complexity index is 6320. The maximum absolute atomic E-state index is 14.8. The highest BCUT2D eigenvalue weighted by Crippen LogP contribution is 2.58. The van der Waals surface area contributed by atoms with Crippen molar-refractivity contribution in [1.82, 2.24) is 44.1 Å². The summed E-state index contributed by atoms with van der Waals surface area (Å²) in [6.45, 7) is 21.6. The molecule has 0 saturated carbocycles. The molecule has 4 aromatic heterocycles. The monoisotopic (exact) mass is 1980 g/mol. The number of unbranched alkanes of at least 4 members (excludes halogenated alkanes) is 2.